The summed E-state index contributed by atoms with van der Waals surface area (Å²) in [6.45, 7) is 5.76. The average molecular weight is 112 g/mol. The van der Waals surface area contributed by atoms with Gasteiger partial charge < -0.3 is 5.73 Å². The molecule has 0 saturated carbocycles. The fourth-order valence-corrected chi connectivity index (χ4v) is 0. The van der Waals surface area contributed by atoms with Gasteiger partial charge in [0.25, 0.3) is 0 Å². The van der Waals surface area contributed by atoms with Crippen LogP contribution in [0.15, 0.2) is 12.7 Å². The maximum atomic E-state index is 7.62. The van der Waals surface area contributed by atoms with E-state index in [9.17, 15) is 0 Å². The summed E-state index contributed by atoms with van der Waals surface area (Å²) in [5, 5.41) is 7.62. The molecule has 0 spiro atoms. The Hall–Kier alpha value is -0.810. The third-order valence-corrected chi connectivity index (χ3v) is 0.325. The molecular weight excluding hydrogens is 100 g/mol. The van der Waals surface area contributed by atoms with Gasteiger partial charge in [-0.05, 0) is 0 Å². The van der Waals surface area contributed by atoms with Crippen molar-refractivity contribution in [1.82, 2.24) is 0 Å². The van der Waals surface area contributed by atoms with Crippen molar-refractivity contribution in [3.63, 3.8) is 0 Å². The summed E-state index contributed by atoms with van der Waals surface area (Å²) in [5.41, 5.74) is 4.91. The minimum Gasteiger partial charge on any atom is -0.327 e. The van der Waals surface area contributed by atoms with Gasteiger partial charge in [-0.2, -0.15) is 5.26 Å². The summed E-state index contributed by atoms with van der Waals surface area (Å²) in [6, 6.07) is 1.93. The van der Waals surface area contributed by atoms with Crippen molar-refractivity contribution >= 4 is 0 Å². The Balaban J connectivity index is 0. The van der Waals surface area contributed by atoms with Gasteiger partial charge in [-0.1, -0.05) is 13.0 Å². The molecule has 0 unspecified atom stereocenters. The lowest BCUT2D eigenvalue weighted by Gasteiger charge is -1.61. The molecular formula is C6H12N2. The van der Waals surface area contributed by atoms with Crippen molar-refractivity contribution in [3.8, 4) is 6.07 Å². The van der Waals surface area contributed by atoms with Crippen LogP contribution in [0.25, 0.3) is 0 Å². The molecule has 0 aromatic heterocycles. The molecule has 0 rings (SSSR count). The standard InChI is InChI=1S/C3H7N.C3H5N/c2*1-2-3-4/h2H,1,3-4H2;2H2,1H3. The van der Waals surface area contributed by atoms with Crippen LogP contribution in [-0.4, -0.2) is 6.54 Å². The van der Waals surface area contributed by atoms with Gasteiger partial charge in [-0.3, -0.25) is 0 Å². The van der Waals surface area contributed by atoms with Crippen LogP contribution in [-0.2, 0) is 0 Å². The highest BCUT2D eigenvalue weighted by molar-refractivity contribution is 4.64. The Morgan fingerprint density at radius 2 is 2.12 bits per heavy atom. The van der Waals surface area contributed by atoms with Gasteiger partial charge in [-0.15, -0.1) is 6.58 Å². The first-order valence-electron chi connectivity index (χ1n) is 2.51. The minimum atomic E-state index is 0.583. The summed E-state index contributed by atoms with van der Waals surface area (Å²) < 4.78 is 0. The molecule has 2 N–H and O–H groups in total. The highest BCUT2D eigenvalue weighted by Gasteiger charge is 1.49. The van der Waals surface area contributed by atoms with Crippen LogP contribution in [0.2, 0.25) is 0 Å². The topological polar surface area (TPSA) is 49.8 Å². The van der Waals surface area contributed by atoms with Crippen molar-refractivity contribution in [2.45, 2.75) is 13.3 Å². The largest absolute Gasteiger partial charge is 0.327 e. The van der Waals surface area contributed by atoms with Gasteiger partial charge in [0, 0.05) is 13.0 Å². The number of rotatable bonds is 1. The highest BCUT2D eigenvalue weighted by Crippen LogP contribution is 1.58. The Labute approximate surface area is 50.6 Å². The highest BCUT2D eigenvalue weighted by atomic mass is 14.5. The first-order chi connectivity index (χ1) is 3.83. The Kier molecular flexibility index (Phi) is 20.9. The summed E-state index contributed by atoms with van der Waals surface area (Å²) in [6.07, 6.45) is 2.28. The first-order valence-corrected chi connectivity index (χ1v) is 2.51. The van der Waals surface area contributed by atoms with Crippen molar-refractivity contribution in [2.24, 2.45) is 5.73 Å². The summed E-state index contributed by atoms with van der Waals surface area (Å²) in [4.78, 5) is 0. The summed E-state index contributed by atoms with van der Waals surface area (Å²) in [5.74, 6) is 0. The van der Waals surface area contributed by atoms with Gasteiger partial charge in [0.15, 0.2) is 0 Å². The van der Waals surface area contributed by atoms with E-state index >= 15 is 0 Å². The minimum absolute atomic E-state index is 0.583. The molecule has 0 aliphatic heterocycles. The molecule has 0 fully saturated rings. The molecule has 0 atom stereocenters. The molecule has 0 saturated heterocycles. The second kappa shape index (κ2) is 16.4. The molecule has 8 heavy (non-hydrogen) atoms. The van der Waals surface area contributed by atoms with E-state index in [1.54, 1.807) is 6.08 Å². The lowest BCUT2D eigenvalue weighted by Crippen LogP contribution is -1.90. The lowest BCUT2D eigenvalue weighted by molar-refractivity contribution is 1.22. The Morgan fingerprint density at radius 3 is 2.12 bits per heavy atom. The monoisotopic (exact) mass is 112 g/mol. The van der Waals surface area contributed by atoms with E-state index in [1.165, 1.54) is 0 Å². The van der Waals surface area contributed by atoms with Crippen LogP contribution in [0, 0.1) is 11.3 Å². The van der Waals surface area contributed by atoms with Crippen LogP contribution in [0.4, 0.5) is 0 Å². The zero-order valence-electron chi connectivity index (χ0n) is 5.22. The Morgan fingerprint density at radius 1 is 1.88 bits per heavy atom. The van der Waals surface area contributed by atoms with Gasteiger partial charge in [0.05, 0.1) is 6.07 Å². The predicted molar refractivity (Wildman–Crippen MR) is 35.2 cm³/mol. The van der Waals surface area contributed by atoms with E-state index < -0.39 is 0 Å². The van der Waals surface area contributed by atoms with E-state index in [4.69, 9.17) is 11.0 Å². The quantitative estimate of drug-likeness (QED) is 0.515. The van der Waals surface area contributed by atoms with E-state index in [-0.39, 0.29) is 0 Å². The molecule has 0 aromatic carbocycles. The zero-order valence-corrected chi connectivity index (χ0v) is 5.22. The smallest absolute Gasteiger partial charge is 0.0618 e. The second-order valence-electron chi connectivity index (χ2n) is 1.04. The van der Waals surface area contributed by atoms with E-state index in [1.807, 2.05) is 13.0 Å². The molecule has 0 radical (unpaired) electrons. The first kappa shape index (κ1) is 10.2. The number of nitrogens with two attached hydrogens (primary N) is 1. The van der Waals surface area contributed by atoms with E-state index in [2.05, 4.69) is 6.58 Å². The fourth-order valence-electron chi connectivity index (χ4n) is 0. The second-order valence-corrected chi connectivity index (χ2v) is 1.04. The van der Waals surface area contributed by atoms with Gasteiger partial charge in [0.2, 0.25) is 0 Å². The van der Waals surface area contributed by atoms with E-state index in [0.717, 1.165) is 0 Å². The molecule has 0 aliphatic carbocycles. The number of nitrogens with zero attached hydrogens (tertiary/aromatic N) is 1. The van der Waals surface area contributed by atoms with Crippen molar-refractivity contribution in [3.05, 3.63) is 12.7 Å². The van der Waals surface area contributed by atoms with Crippen LogP contribution in [0.3, 0.4) is 0 Å². The number of hydrogen-bond acceptors (Lipinski definition) is 2. The average Bonchev–Trinajstić information content (AvgIpc) is 1.88. The molecule has 0 aromatic rings. The lowest BCUT2D eigenvalue weighted by atomic mass is 10.6. The number of nitriles is 1. The third kappa shape index (κ3) is 64.3. The summed E-state index contributed by atoms with van der Waals surface area (Å²) >= 11 is 0. The third-order valence-electron chi connectivity index (χ3n) is 0.325. The Bertz CT molecular complexity index is 71.1. The molecule has 46 valence electrons. The maximum absolute atomic E-state index is 7.62. The molecule has 0 aliphatic rings. The molecule has 0 amide bonds. The number of hydrogen-bond donors (Lipinski definition) is 1. The molecule has 0 heterocycles. The fraction of sp³-hybridized carbons (Fsp3) is 0.500. The van der Waals surface area contributed by atoms with Crippen molar-refractivity contribution < 1.29 is 0 Å². The van der Waals surface area contributed by atoms with Gasteiger partial charge >= 0.3 is 0 Å². The van der Waals surface area contributed by atoms with Crippen LogP contribution >= 0.6 is 0 Å². The predicted octanol–water partition coefficient (Wildman–Crippen LogP) is 1.05. The molecule has 2 nitrogen and oxygen atoms in total. The van der Waals surface area contributed by atoms with Crippen molar-refractivity contribution in [1.29, 1.82) is 5.26 Å². The van der Waals surface area contributed by atoms with Crippen LogP contribution in [0.1, 0.15) is 13.3 Å². The van der Waals surface area contributed by atoms with Crippen LogP contribution < -0.4 is 5.73 Å². The van der Waals surface area contributed by atoms with Crippen LogP contribution in [0.5, 0.6) is 0 Å². The summed E-state index contributed by atoms with van der Waals surface area (Å²) in [7, 11) is 0. The maximum Gasteiger partial charge on any atom is 0.0618 e. The molecule has 2 heteroatoms. The van der Waals surface area contributed by atoms with Gasteiger partial charge in [-0.25, -0.2) is 0 Å². The van der Waals surface area contributed by atoms with E-state index in [0.29, 0.717) is 13.0 Å². The molecule has 0 bridgehead atoms. The SMILES string of the molecule is C=CCN.CCC#N. The van der Waals surface area contributed by atoms with Gasteiger partial charge in [0.1, 0.15) is 0 Å². The van der Waals surface area contributed by atoms with Crippen molar-refractivity contribution in [2.75, 3.05) is 6.54 Å². The normalized spacial score (nSPS) is 5.62. The zero-order chi connectivity index (χ0) is 6.83.